The molecular weight excluding hydrogens is 286 g/mol. The highest BCUT2D eigenvalue weighted by Gasteiger charge is 2.28. The maximum absolute atomic E-state index is 14.4. The number of fused-ring (bicyclic) bond motifs is 1. The standard InChI is InChI=1S/C18H22F2O2/c1-3-4-14-8-7-12-9-15(13-6-5-11(2)21-10-13)16(19)17(20)18(12)22-14/h9-11,14H,3-8H2,1-2H3. The minimum Gasteiger partial charge on any atom is -0.498 e. The Bertz CT molecular complexity index is 595. The van der Waals surface area contributed by atoms with Crippen LogP contribution in [0.25, 0.3) is 5.57 Å². The summed E-state index contributed by atoms with van der Waals surface area (Å²) in [4.78, 5) is 0. The van der Waals surface area contributed by atoms with Gasteiger partial charge in [-0.3, -0.25) is 0 Å². The van der Waals surface area contributed by atoms with Gasteiger partial charge < -0.3 is 9.47 Å². The molecule has 0 aliphatic carbocycles. The summed E-state index contributed by atoms with van der Waals surface area (Å²) in [7, 11) is 0. The van der Waals surface area contributed by atoms with Crippen LogP contribution >= 0.6 is 0 Å². The van der Waals surface area contributed by atoms with E-state index >= 15 is 0 Å². The first-order valence-electron chi connectivity index (χ1n) is 8.12. The Hall–Kier alpha value is -1.58. The van der Waals surface area contributed by atoms with Crippen LogP contribution in [0.15, 0.2) is 12.3 Å². The number of benzene rings is 1. The summed E-state index contributed by atoms with van der Waals surface area (Å²) in [5, 5.41) is 0. The van der Waals surface area contributed by atoms with Crippen LogP contribution in [0.3, 0.4) is 0 Å². The maximum Gasteiger partial charge on any atom is 0.201 e. The molecule has 2 nitrogen and oxygen atoms in total. The molecule has 2 heterocycles. The molecule has 2 unspecified atom stereocenters. The van der Waals surface area contributed by atoms with Crippen molar-refractivity contribution >= 4 is 5.57 Å². The van der Waals surface area contributed by atoms with Crippen LogP contribution in [0, 0.1) is 11.6 Å². The molecule has 1 aromatic carbocycles. The normalized spacial score (nSPS) is 24.1. The number of allylic oxidation sites excluding steroid dienone is 1. The van der Waals surface area contributed by atoms with E-state index in [1.807, 2.05) is 6.92 Å². The predicted molar refractivity (Wildman–Crippen MR) is 81.8 cm³/mol. The van der Waals surface area contributed by atoms with Crippen molar-refractivity contribution in [1.29, 1.82) is 0 Å². The summed E-state index contributed by atoms with van der Waals surface area (Å²) in [5.41, 5.74) is 1.81. The lowest BCUT2D eigenvalue weighted by atomic mass is 9.92. The van der Waals surface area contributed by atoms with Crippen LogP contribution in [0.5, 0.6) is 5.75 Å². The van der Waals surface area contributed by atoms with E-state index in [-0.39, 0.29) is 18.0 Å². The summed E-state index contributed by atoms with van der Waals surface area (Å²) in [6.45, 7) is 4.04. The highest BCUT2D eigenvalue weighted by Crippen LogP contribution is 2.38. The Morgan fingerprint density at radius 1 is 1.18 bits per heavy atom. The summed E-state index contributed by atoms with van der Waals surface area (Å²) in [5.74, 6) is -1.57. The zero-order valence-corrected chi connectivity index (χ0v) is 13.1. The van der Waals surface area contributed by atoms with Crippen molar-refractivity contribution in [2.75, 3.05) is 0 Å². The number of hydrogen-bond acceptors (Lipinski definition) is 2. The monoisotopic (exact) mass is 308 g/mol. The molecule has 0 spiro atoms. The first kappa shape index (κ1) is 15.3. The van der Waals surface area contributed by atoms with Gasteiger partial charge in [-0.05, 0) is 56.2 Å². The van der Waals surface area contributed by atoms with Gasteiger partial charge in [-0.1, -0.05) is 13.3 Å². The van der Waals surface area contributed by atoms with Gasteiger partial charge in [-0.25, -0.2) is 4.39 Å². The zero-order chi connectivity index (χ0) is 15.7. The van der Waals surface area contributed by atoms with Gasteiger partial charge in [0.25, 0.3) is 0 Å². The van der Waals surface area contributed by atoms with Crippen LogP contribution < -0.4 is 4.74 Å². The lowest BCUT2D eigenvalue weighted by Crippen LogP contribution is -2.24. The van der Waals surface area contributed by atoms with Crippen molar-refractivity contribution < 1.29 is 18.3 Å². The highest BCUT2D eigenvalue weighted by molar-refractivity contribution is 5.68. The van der Waals surface area contributed by atoms with Gasteiger partial charge in [-0.15, -0.1) is 0 Å². The maximum atomic E-state index is 14.4. The third-order valence-electron chi connectivity index (χ3n) is 4.48. The number of aryl methyl sites for hydroxylation is 1. The molecular formula is C18H22F2O2. The number of halogens is 2. The van der Waals surface area contributed by atoms with Crippen LogP contribution in [0.2, 0.25) is 0 Å². The third kappa shape index (κ3) is 2.83. The lowest BCUT2D eigenvalue weighted by Gasteiger charge is -2.28. The first-order valence-corrected chi connectivity index (χ1v) is 8.12. The van der Waals surface area contributed by atoms with Crippen LogP contribution in [-0.2, 0) is 11.2 Å². The van der Waals surface area contributed by atoms with Crippen molar-refractivity contribution in [1.82, 2.24) is 0 Å². The van der Waals surface area contributed by atoms with Gasteiger partial charge in [0.2, 0.25) is 5.82 Å². The SMILES string of the molecule is CCCC1CCc2cc(C3=COC(C)CC3)c(F)c(F)c2O1. The fraction of sp³-hybridized carbons (Fsp3) is 0.556. The van der Waals surface area contributed by atoms with E-state index in [1.54, 1.807) is 12.3 Å². The van der Waals surface area contributed by atoms with Crippen molar-refractivity contribution in [3.8, 4) is 5.75 Å². The van der Waals surface area contributed by atoms with E-state index in [1.165, 1.54) is 0 Å². The molecule has 0 amide bonds. The van der Waals surface area contributed by atoms with Gasteiger partial charge in [0.05, 0.1) is 18.5 Å². The largest absolute Gasteiger partial charge is 0.498 e. The molecule has 0 radical (unpaired) electrons. The summed E-state index contributed by atoms with van der Waals surface area (Å²) >= 11 is 0. The molecule has 0 N–H and O–H groups in total. The quantitative estimate of drug-likeness (QED) is 0.782. The Kier molecular flexibility index (Phi) is 4.37. The molecule has 2 aliphatic rings. The topological polar surface area (TPSA) is 18.5 Å². The smallest absolute Gasteiger partial charge is 0.201 e. The molecule has 4 heteroatoms. The van der Waals surface area contributed by atoms with E-state index in [2.05, 4.69) is 6.92 Å². The molecule has 1 aromatic rings. The predicted octanol–water partition coefficient (Wildman–Crippen LogP) is 5.00. The average Bonchev–Trinajstić information content (AvgIpc) is 2.52. The van der Waals surface area contributed by atoms with Crippen LogP contribution in [0.4, 0.5) is 8.78 Å². The van der Waals surface area contributed by atoms with E-state index < -0.39 is 11.6 Å². The molecule has 0 saturated carbocycles. The van der Waals surface area contributed by atoms with Crippen molar-refractivity contribution in [2.45, 2.75) is 64.6 Å². The van der Waals surface area contributed by atoms with Gasteiger partial charge in [0, 0.05) is 5.56 Å². The van der Waals surface area contributed by atoms with Gasteiger partial charge in [-0.2, -0.15) is 4.39 Å². The minimum atomic E-state index is -0.854. The fourth-order valence-corrected chi connectivity index (χ4v) is 3.16. The number of ether oxygens (including phenoxy) is 2. The van der Waals surface area contributed by atoms with E-state index in [0.29, 0.717) is 12.0 Å². The highest BCUT2D eigenvalue weighted by atomic mass is 19.2. The zero-order valence-electron chi connectivity index (χ0n) is 13.1. The number of hydrogen-bond donors (Lipinski definition) is 0. The summed E-state index contributed by atoms with van der Waals surface area (Å²) in [6, 6.07) is 1.74. The first-order chi connectivity index (χ1) is 10.6. The van der Waals surface area contributed by atoms with Crippen molar-refractivity contribution in [3.05, 3.63) is 35.1 Å². The molecule has 0 fully saturated rings. The van der Waals surface area contributed by atoms with Crippen LogP contribution in [0.1, 0.15) is 57.1 Å². The van der Waals surface area contributed by atoms with Gasteiger partial charge in [0.15, 0.2) is 11.6 Å². The average molecular weight is 308 g/mol. The van der Waals surface area contributed by atoms with E-state index in [9.17, 15) is 8.78 Å². The lowest BCUT2D eigenvalue weighted by molar-refractivity contribution is 0.144. The third-order valence-corrected chi connectivity index (χ3v) is 4.48. The summed E-state index contributed by atoms with van der Waals surface area (Å²) in [6.07, 6.45) is 6.66. The van der Waals surface area contributed by atoms with Crippen molar-refractivity contribution in [2.24, 2.45) is 0 Å². The minimum absolute atomic E-state index is 0.00432. The summed E-state index contributed by atoms with van der Waals surface area (Å²) < 4.78 is 40.0. The molecule has 22 heavy (non-hydrogen) atoms. The second kappa shape index (κ2) is 6.27. The molecule has 0 aromatic heterocycles. The molecule has 2 aliphatic heterocycles. The van der Waals surface area contributed by atoms with Crippen molar-refractivity contribution in [3.63, 3.8) is 0 Å². The Morgan fingerprint density at radius 2 is 2.00 bits per heavy atom. The molecule has 3 rings (SSSR count). The Labute approximate surface area is 130 Å². The molecule has 2 atom stereocenters. The Balaban J connectivity index is 1.94. The molecule has 120 valence electrons. The van der Waals surface area contributed by atoms with E-state index in [4.69, 9.17) is 9.47 Å². The van der Waals surface area contributed by atoms with E-state index in [0.717, 1.165) is 43.2 Å². The number of rotatable bonds is 3. The van der Waals surface area contributed by atoms with Crippen LogP contribution in [-0.4, -0.2) is 12.2 Å². The second-order valence-electron chi connectivity index (χ2n) is 6.24. The van der Waals surface area contributed by atoms with Gasteiger partial charge >= 0.3 is 0 Å². The molecule has 0 saturated heterocycles. The molecule has 0 bridgehead atoms. The fourth-order valence-electron chi connectivity index (χ4n) is 3.16. The van der Waals surface area contributed by atoms with Gasteiger partial charge in [0.1, 0.15) is 0 Å². The Morgan fingerprint density at radius 3 is 2.68 bits per heavy atom. The second-order valence-corrected chi connectivity index (χ2v) is 6.24.